The molecule has 2 N–H and O–H groups in total. The van der Waals surface area contributed by atoms with Crippen LogP contribution in [-0.4, -0.2) is 11.7 Å². The lowest BCUT2D eigenvalue weighted by molar-refractivity contribution is 0.317. The Kier molecular flexibility index (Phi) is 5.17. The van der Waals surface area contributed by atoms with Crippen molar-refractivity contribution < 1.29 is 14.2 Å². The van der Waals surface area contributed by atoms with E-state index in [4.69, 9.17) is 4.74 Å². The highest BCUT2D eigenvalue weighted by molar-refractivity contribution is 5.41. The molecule has 2 aromatic rings. The van der Waals surface area contributed by atoms with Crippen molar-refractivity contribution in [2.75, 3.05) is 6.61 Å². The number of hydrogen-bond acceptors (Lipinski definition) is 3. The molecule has 112 valence electrons. The second-order valence-electron chi connectivity index (χ2n) is 4.89. The second kappa shape index (κ2) is 7.09. The molecule has 0 fully saturated rings. The van der Waals surface area contributed by atoms with Gasteiger partial charge in [0, 0.05) is 12.6 Å². The molecule has 21 heavy (non-hydrogen) atoms. The van der Waals surface area contributed by atoms with Crippen LogP contribution < -0.4 is 10.1 Å². The molecular formula is C17H20FNO2. The van der Waals surface area contributed by atoms with Crippen LogP contribution in [0.2, 0.25) is 0 Å². The van der Waals surface area contributed by atoms with Gasteiger partial charge in [0.05, 0.1) is 6.61 Å². The predicted molar refractivity (Wildman–Crippen MR) is 80.9 cm³/mol. The van der Waals surface area contributed by atoms with Gasteiger partial charge in [-0.15, -0.1) is 0 Å². The van der Waals surface area contributed by atoms with Gasteiger partial charge < -0.3 is 15.2 Å². The van der Waals surface area contributed by atoms with Gasteiger partial charge in [-0.2, -0.15) is 0 Å². The molecule has 0 aliphatic carbocycles. The first kappa shape index (κ1) is 15.3. The Labute approximate surface area is 124 Å². The first-order valence-corrected chi connectivity index (χ1v) is 7.03. The van der Waals surface area contributed by atoms with Gasteiger partial charge in [0.25, 0.3) is 0 Å². The number of nitrogens with one attached hydrogen (secondary N) is 1. The van der Waals surface area contributed by atoms with Crippen LogP contribution in [0, 0.1) is 5.82 Å². The number of benzene rings is 2. The summed E-state index contributed by atoms with van der Waals surface area (Å²) >= 11 is 0. The molecule has 0 aliphatic heterocycles. The Morgan fingerprint density at radius 1 is 1.24 bits per heavy atom. The van der Waals surface area contributed by atoms with Crippen LogP contribution in [0.5, 0.6) is 11.5 Å². The Morgan fingerprint density at radius 2 is 2.05 bits per heavy atom. The largest absolute Gasteiger partial charge is 0.504 e. The molecule has 0 saturated heterocycles. The molecule has 0 spiro atoms. The third-order valence-electron chi connectivity index (χ3n) is 3.29. The predicted octanol–water partition coefficient (Wildman–Crippen LogP) is 3.78. The first-order chi connectivity index (χ1) is 10.1. The number of phenolic OH excluding ortho intramolecular Hbond substituents is 1. The third kappa shape index (κ3) is 4.20. The molecule has 0 amide bonds. The summed E-state index contributed by atoms with van der Waals surface area (Å²) in [6.45, 7) is 4.97. The lowest BCUT2D eigenvalue weighted by Gasteiger charge is -2.15. The fourth-order valence-corrected chi connectivity index (χ4v) is 2.10. The zero-order valence-corrected chi connectivity index (χ0v) is 12.3. The van der Waals surface area contributed by atoms with Crippen LogP contribution in [0.15, 0.2) is 42.5 Å². The van der Waals surface area contributed by atoms with E-state index in [2.05, 4.69) is 5.32 Å². The Bertz CT molecular complexity index is 601. The van der Waals surface area contributed by atoms with E-state index in [1.165, 1.54) is 12.1 Å². The quantitative estimate of drug-likeness (QED) is 0.850. The number of phenols is 1. The van der Waals surface area contributed by atoms with E-state index in [0.29, 0.717) is 18.9 Å². The van der Waals surface area contributed by atoms with Crippen molar-refractivity contribution in [2.24, 2.45) is 0 Å². The molecule has 1 atom stereocenters. The van der Waals surface area contributed by atoms with Gasteiger partial charge in [0.15, 0.2) is 11.5 Å². The molecule has 2 rings (SSSR count). The smallest absolute Gasteiger partial charge is 0.161 e. The van der Waals surface area contributed by atoms with Crippen LogP contribution in [0.4, 0.5) is 4.39 Å². The summed E-state index contributed by atoms with van der Waals surface area (Å²) in [4.78, 5) is 0. The van der Waals surface area contributed by atoms with E-state index >= 15 is 0 Å². The van der Waals surface area contributed by atoms with E-state index in [0.717, 1.165) is 11.1 Å². The van der Waals surface area contributed by atoms with E-state index in [1.54, 1.807) is 12.1 Å². The van der Waals surface area contributed by atoms with Gasteiger partial charge in [-0.25, -0.2) is 4.39 Å². The minimum Gasteiger partial charge on any atom is -0.504 e. The zero-order valence-electron chi connectivity index (χ0n) is 12.3. The second-order valence-corrected chi connectivity index (χ2v) is 4.89. The van der Waals surface area contributed by atoms with Crippen LogP contribution in [0.3, 0.4) is 0 Å². The summed E-state index contributed by atoms with van der Waals surface area (Å²) in [6.07, 6.45) is 0. The molecule has 0 radical (unpaired) electrons. The standard InChI is InChI=1S/C17H20FNO2/c1-3-21-17-9-13(7-8-16(17)20)11-19-12(2)14-5-4-6-15(18)10-14/h4-10,12,19-20H,3,11H2,1-2H3/t12-/m0/s1. The molecule has 0 heterocycles. The normalized spacial score (nSPS) is 12.1. The molecule has 2 aromatic carbocycles. The van der Waals surface area contributed by atoms with Crippen LogP contribution in [0.25, 0.3) is 0 Å². The van der Waals surface area contributed by atoms with Crippen molar-refractivity contribution in [3.63, 3.8) is 0 Å². The van der Waals surface area contributed by atoms with Gasteiger partial charge in [0.2, 0.25) is 0 Å². The van der Waals surface area contributed by atoms with Crippen molar-refractivity contribution in [3.05, 3.63) is 59.4 Å². The fourth-order valence-electron chi connectivity index (χ4n) is 2.10. The summed E-state index contributed by atoms with van der Waals surface area (Å²) < 4.78 is 18.6. The monoisotopic (exact) mass is 289 g/mol. The molecule has 0 aliphatic rings. The third-order valence-corrected chi connectivity index (χ3v) is 3.29. The molecule has 3 nitrogen and oxygen atoms in total. The van der Waals surface area contributed by atoms with Gasteiger partial charge in [-0.1, -0.05) is 18.2 Å². The molecule has 0 unspecified atom stereocenters. The van der Waals surface area contributed by atoms with Crippen molar-refractivity contribution >= 4 is 0 Å². The van der Waals surface area contributed by atoms with E-state index in [1.807, 2.05) is 32.0 Å². The molecular weight excluding hydrogens is 269 g/mol. The van der Waals surface area contributed by atoms with Gasteiger partial charge in [-0.05, 0) is 49.2 Å². The number of ether oxygens (including phenoxy) is 1. The number of rotatable bonds is 6. The topological polar surface area (TPSA) is 41.5 Å². The lowest BCUT2D eigenvalue weighted by Crippen LogP contribution is -2.18. The van der Waals surface area contributed by atoms with Crippen molar-refractivity contribution in [3.8, 4) is 11.5 Å². The average Bonchev–Trinajstić information content (AvgIpc) is 2.48. The Balaban J connectivity index is 2.01. The van der Waals surface area contributed by atoms with Crippen LogP contribution >= 0.6 is 0 Å². The lowest BCUT2D eigenvalue weighted by atomic mass is 10.1. The molecule has 0 saturated carbocycles. The number of hydrogen-bond donors (Lipinski definition) is 2. The van der Waals surface area contributed by atoms with Crippen molar-refractivity contribution in [1.82, 2.24) is 5.32 Å². The summed E-state index contributed by atoms with van der Waals surface area (Å²) in [5, 5.41) is 13.0. The van der Waals surface area contributed by atoms with E-state index < -0.39 is 0 Å². The average molecular weight is 289 g/mol. The SMILES string of the molecule is CCOc1cc(CN[C@@H](C)c2cccc(F)c2)ccc1O. The van der Waals surface area contributed by atoms with Crippen molar-refractivity contribution in [1.29, 1.82) is 0 Å². The maximum atomic E-state index is 13.2. The molecule has 0 aromatic heterocycles. The molecule has 4 heteroatoms. The summed E-state index contributed by atoms with van der Waals surface area (Å²) in [7, 11) is 0. The highest BCUT2D eigenvalue weighted by Crippen LogP contribution is 2.27. The van der Waals surface area contributed by atoms with Crippen molar-refractivity contribution in [2.45, 2.75) is 26.4 Å². The first-order valence-electron chi connectivity index (χ1n) is 7.03. The summed E-state index contributed by atoms with van der Waals surface area (Å²) in [5.41, 5.74) is 1.90. The number of halogens is 1. The minimum absolute atomic E-state index is 0.0325. The summed E-state index contributed by atoms with van der Waals surface area (Å²) in [5.74, 6) is 0.387. The Hall–Kier alpha value is -2.07. The van der Waals surface area contributed by atoms with Gasteiger partial charge in [-0.3, -0.25) is 0 Å². The maximum absolute atomic E-state index is 13.2. The summed E-state index contributed by atoms with van der Waals surface area (Å²) in [6, 6.07) is 11.9. The highest BCUT2D eigenvalue weighted by atomic mass is 19.1. The van der Waals surface area contributed by atoms with Crippen LogP contribution in [-0.2, 0) is 6.54 Å². The zero-order chi connectivity index (χ0) is 15.2. The van der Waals surface area contributed by atoms with Gasteiger partial charge >= 0.3 is 0 Å². The van der Waals surface area contributed by atoms with E-state index in [9.17, 15) is 9.50 Å². The highest BCUT2D eigenvalue weighted by Gasteiger charge is 2.07. The number of aromatic hydroxyl groups is 1. The van der Waals surface area contributed by atoms with E-state index in [-0.39, 0.29) is 17.6 Å². The van der Waals surface area contributed by atoms with Crippen LogP contribution in [0.1, 0.15) is 31.0 Å². The maximum Gasteiger partial charge on any atom is 0.161 e. The minimum atomic E-state index is -0.232. The van der Waals surface area contributed by atoms with Gasteiger partial charge in [0.1, 0.15) is 5.82 Å². The Morgan fingerprint density at radius 3 is 2.76 bits per heavy atom. The fraction of sp³-hybridized carbons (Fsp3) is 0.294. The molecule has 0 bridgehead atoms.